The summed E-state index contributed by atoms with van der Waals surface area (Å²) in [4.78, 5) is 18.6. The number of aromatic nitrogens is 2. The summed E-state index contributed by atoms with van der Waals surface area (Å²) in [5, 5.41) is 11.2. The van der Waals surface area contributed by atoms with E-state index in [2.05, 4.69) is 9.97 Å². The number of nitrogens with one attached hydrogen (secondary N) is 1. The molecular formula is C20H19N2O5-. The number of carboxylic acid groups (broad SMARTS) is 1. The number of aromatic carboxylic acids is 1. The monoisotopic (exact) mass is 367 g/mol. The van der Waals surface area contributed by atoms with Crippen molar-refractivity contribution in [3.8, 4) is 11.5 Å². The van der Waals surface area contributed by atoms with E-state index in [1.165, 1.54) is 6.07 Å². The Hall–Kier alpha value is -3.32. The molecule has 7 nitrogen and oxygen atoms in total. The predicted molar refractivity (Wildman–Crippen MR) is 99.7 cm³/mol. The molecule has 0 aliphatic rings. The number of H-pyrrole nitrogens is 1. The van der Waals surface area contributed by atoms with Crippen molar-refractivity contribution < 1.29 is 24.1 Å². The lowest BCUT2D eigenvalue weighted by Crippen LogP contribution is -2.22. The molecule has 7 heteroatoms. The second-order valence-corrected chi connectivity index (χ2v) is 5.70. The van der Waals surface area contributed by atoms with Crippen molar-refractivity contribution in [3.63, 3.8) is 0 Å². The van der Waals surface area contributed by atoms with Crippen LogP contribution in [-0.4, -0.2) is 43.4 Å². The molecule has 1 N–H and O–H groups in total. The van der Waals surface area contributed by atoms with Gasteiger partial charge in [0, 0.05) is 12.7 Å². The number of methoxy groups -OCH3 is 2. The second kappa shape index (κ2) is 8.37. The minimum absolute atomic E-state index is 0.0580. The molecule has 0 amide bonds. The van der Waals surface area contributed by atoms with Crippen LogP contribution >= 0.6 is 0 Å². The largest absolute Gasteiger partial charge is 0.545 e. The number of benzene rings is 2. The van der Waals surface area contributed by atoms with Gasteiger partial charge in [0.25, 0.3) is 0 Å². The quantitative estimate of drug-likeness (QED) is 0.613. The third kappa shape index (κ3) is 4.27. The topological polar surface area (TPSA) is 96.5 Å². The summed E-state index contributed by atoms with van der Waals surface area (Å²) >= 11 is 0. The predicted octanol–water partition coefficient (Wildman–Crippen LogP) is 2.13. The van der Waals surface area contributed by atoms with Crippen LogP contribution in [0.15, 0.2) is 36.4 Å². The number of nitrogens with zero attached hydrogens (tertiary/aromatic N) is 1. The van der Waals surface area contributed by atoms with Crippen LogP contribution in [0.2, 0.25) is 0 Å². The van der Waals surface area contributed by atoms with Crippen LogP contribution in [-0.2, 0) is 4.74 Å². The average molecular weight is 367 g/mol. The van der Waals surface area contributed by atoms with Crippen LogP contribution in [0.4, 0.5) is 0 Å². The van der Waals surface area contributed by atoms with Crippen molar-refractivity contribution in [2.75, 3.05) is 27.4 Å². The van der Waals surface area contributed by atoms with Gasteiger partial charge in [-0.1, -0.05) is 24.3 Å². The second-order valence-electron chi connectivity index (χ2n) is 5.70. The Kier molecular flexibility index (Phi) is 5.73. The number of hydrogen-bond donors (Lipinski definition) is 1. The summed E-state index contributed by atoms with van der Waals surface area (Å²) < 4.78 is 15.9. The first kappa shape index (κ1) is 18.5. The molecule has 0 saturated carbocycles. The lowest BCUT2D eigenvalue weighted by molar-refractivity contribution is -0.254. The summed E-state index contributed by atoms with van der Waals surface area (Å²) in [5.74, 6) is 0.528. The Morgan fingerprint density at radius 3 is 2.74 bits per heavy atom. The molecule has 1 heterocycles. The summed E-state index contributed by atoms with van der Waals surface area (Å²) in [6.07, 6.45) is 3.61. The molecule has 3 aromatic rings. The minimum Gasteiger partial charge on any atom is -0.545 e. The molecular weight excluding hydrogens is 348 g/mol. The zero-order valence-corrected chi connectivity index (χ0v) is 15.0. The smallest absolute Gasteiger partial charge is 0.161 e. The number of carboxylic acids is 1. The highest BCUT2D eigenvalue weighted by atomic mass is 16.5. The maximum atomic E-state index is 11.2. The summed E-state index contributed by atoms with van der Waals surface area (Å²) in [7, 11) is 3.19. The van der Waals surface area contributed by atoms with Crippen molar-refractivity contribution in [2.45, 2.75) is 0 Å². The third-order valence-electron chi connectivity index (χ3n) is 3.92. The molecule has 0 saturated heterocycles. The van der Waals surface area contributed by atoms with Gasteiger partial charge in [-0.3, -0.25) is 0 Å². The maximum Gasteiger partial charge on any atom is 0.161 e. The van der Waals surface area contributed by atoms with E-state index in [9.17, 15) is 9.90 Å². The number of para-hydroxylation sites is 1. The van der Waals surface area contributed by atoms with Gasteiger partial charge in [-0.15, -0.1) is 0 Å². The Labute approximate surface area is 156 Å². The van der Waals surface area contributed by atoms with E-state index in [0.717, 1.165) is 5.56 Å². The first-order chi connectivity index (χ1) is 13.1. The van der Waals surface area contributed by atoms with E-state index in [0.29, 0.717) is 41.6 Å². The van der Waals surface area contributed by atoms with E-state index in [4.69, 9.17) is 14.2 Å². The van der Waals surface area contributed by atoms with E-state index in [1.807, 2.05) is 24.3 Å². The highest BCUT2D eigenvalue weighted by molar-refractivity contribution is 6.00. The molecule has 0 spiro atoms. The van der Waals surface area contributed by atoms with Crippen LogP contribution in [0.1, 0.15) is 21.7 Å². The van der Waals surface area contributed by atoms with Crippen molar-refractivity contribution in [3.05, 3.63) is 53.3 Å². The number of carbonyl (C=O) groups excluding carboxylic acids is 1. The summed E-state index contributed by atoms with van der Waals surface area (Å²) in [5.41, 5.74) is 1.95. The van der Waals surface area contributed by atoms with E-state index in [-0.39, 0.29) is 5.56 Å². The molecule has 2 aromatic carbocycles. The number of rotatable bonds is 8. The van der Waals surface area contributed by atoms with Gasteiger partial charge in [-0.05, 0) is 29.8 Å². The molecule has 0 aliphatic heterocycles. The number of fused-ring (bicyclic) bond motifs is 1. The normalized spacial score (nSPS) is 11.2. The molecule has 1 aromatic heterocycles. The van der Waals surface area contributed by atoms with Crippen molar-refractivity contribution in [1.29, 1.82) is 0 Å². The van der Waals surface area contributed by atoms with E-state index >= 15 is 0 Å². The van der Waals surface area contributed by atoms with Gasteiger partial charge in [0.05, 0.1) is 30.7 Å². The van der Waals surface area contributed by atoms with E-state index in [1.54, 1.807) is 32.4 Å². The van der Waals surface area contributed by atoms with Gasteiger partial charge in [0.1, 0.15) is 12.4 Å². The zero-order valence-electron chi connectivity index (χ0n) is 15.0. The molecule has 0 atom stereocenters. The number of aromatic amines is 1. The van der Waals surface area contributed by atoms with Crippen LogP contribution in [0.3, 0.4) is 0 Å². The van der Waals surface area contributed by atoms with Crippen LogP contribution < -0.4 is 14.6 Å². The number of ether oxygens (including phenoxy) is 3. The van der Waals surface area contributed by atoms with Gasteiger partial charge < -0.3 is 29.1 Å². The van der Waals surface area contributed by atoms with Crippen LogP contribution in [0.5, 0.6) is 11.5 Å². The van der Waals surface area contributed by atoms with Gasteiger partial charge >= 0.3 is 0 Å². The highest BCUT2D eigenvalue weighted by Crippen LogP contribution is 2.29. The number of imidazole rings is 1. The molecule has 0 bridgehead atoms. The minimum atomic E-state index is -1.25. The van der Waals surface area contributed by atoms with Crippen molar-refractivity contribution >= 4 is 29.2 Å². The lowest BCUT2D eigenvalue weighted by atomic mass is 10.2. The fourth-order valence-corrected chi connectivity index (χ4v) is 2.61. The van der Waals surface area contributed by atoms with Gasteiger partial charge in [-0.2, -0.15) is 0 Å². The molecule has 27 heavy (non-hydrogen) atoms. The lowest BCUT2D eigenvalue weighted by Gasteiger charge is -2.10. The van der Waals surface area contributed by atoms with Crippen molar-refractivity contribution in [1.82, 2.24) is 9.97 Å². The number of carbonyl (C=O) groups is 1. The Morgan fingerprint density at radius 1 is 1.15 bits per heavy atom. The highest BCUT2D eigenvalue weighted by Gasteiger charge is 2.07. The SMILES string of the molecule is COCCOc1ccc(/C=C/c2nc3c(C(=O)[O-])cccc3[nH]2)cc1OC. The standard InChI is InChI=1S/C20H20N2O5/c1-25-10-11-27-16-8-6-13(12-17(16)26-2)7-9-18-21-15-5-3-4-14(20(23)24)19(15)22-18/h3-9,12H,10-11H2,1-2H3,(H,21,22)(H,23,24)/p-1/b9-7+. The Bertz CT molecular complexity index is 978. The third-order valence-corrected chi connectivity index (χ3v) is 3.92. The van der Waals surface area contributed by atoms with Crippen LogP contribution in [0.25, 0.3) is 23.2 Å². The molecule has 140 valence electrons. The first-order valence-electron chi connectivity index (χ1n) is 8.30. The summed E-state index contributed by atoms with van der Waals surface area (Å²) in [6.45, 7) is 0.923. The van der Waals surface area contributed by atoms with Gasteiger partial charge in [-0.25, -0.2) is 4.98 Å². The Morgan fingerprint density at radius 2 is 2.00 bits per heavy atom. The number of hydrogen-bond acceptors (Lipinski definition) is 6. The van der Waals surface area contributed by atoms with E-state index < -0.39 is 5.97 Å². The average Bonchev–Trinajstić information content (AvgIpc) is 3.10. The Balaban J connectivity index is 1.82. The fourth-order valence-electron chi connectivity index (χ4n) is 2.61. The van der Waals surface area contributed by atoms with Crippen LogP contribution in [0, 0.1) is 0 Å². The molecule has 0 aliphatic carbocycles. The molecule has 0 radical (unpaired) electrons. The molecule has 3 rings (SSSR count). The fraction of sp³-hybridized carbons (Fsp3) is 0.200. The van der Waals surface area contributed by atoms with Gasteiger partial charge in [0.15, 0.2) is 11.5 Å². The maximum absolute atomic E-state index is 11.2. The molecule has 0 fully saturated rings. The van der Waals surface area contributed by atoms with Crippen molar-refractivity contribution in [2.24, 2.45) is 0 Å². The molecule has 0 unspecified atom stereocenters. The van der Waals surface area contributed by atoms with Gasteiger partial charge in [0.2, 0.25) is 0 Å². The summed E-state index contributed by atoms with van der Waals surface area (Å²) in [6, 6.07) is 10.4. The zero-order chi connectivity index (χ0) is 19.2. The first-order valence-corrected chi connectivity index (χ1v) is 8.30.